The van der Waals surface area contributed by atoms with Gasteiger partial charge in [-0.25, -0.2) is 8.42 Å². The van der Waals surface area contributed by atoms with Crippen LogP contribution in [0.4, 0.5) is 0 Å². The monoisotopic (exact) mass is 659 g/mol. The van der Waals surface area contributed by atoms with Crippen LogP contribution in [-0.2, 0) is 26.0 Å². The quantitative estimate of drug-likeness (QED) is 0.138. The van der Waals surface area contributed by atoms with E-state index in [9.17, 15) is 22.8 Å². The fourth-order valence-corrected chi connectivity index (χ4v) is 6.16. The molecule has 0 radical (unpaired) electrons. The molecule has 0 aliphatic carbocycles. The van der Waals surface area contributed by atoms with E-state index in [1.807, 2.05) is 63.2 Å². The highest BCUT2D eigenvalue weighted by Crippen LogP contribution is 2.21. The van der Waals surface area contributed by atoms with E-state index in [1.165, 1.54) is 12.1 Å². The molecule has 248 valence electrons. The van der Waals surface area contributed by atoms with Crippen LogP contribution in [-0.4, -0.2) is 56.4 Å². The molecule has 0 aromatic heterocycles. The van der Waals surface area contributed by atoms with Gasteiger partial charge in [0.25, 0.3) is 5.91 Å². The predicted molar refractivity (Wildman–Crippen MR) is 181 cm³/mol. The molecule has 47 heavy (non-hydrogen) atoms. The second kappa shape index (κ2) is 15.2. The number of ether oxygens (including phenoxy) is 1. The van der Waals surface area contributed by atoms with Gasteiger partial charge in [0.2, 0.25) is 21.8 Å². The van der Waals surface area contributed by atoms with Gasteiger partial charge in [-0.05, 0) is 67.8 Å². The average Bonchev–Trinajstić information content (AvgIpc) is 3.02. The number of nitrogens with one attached hydrogen (secondary N) is 3. The van der Waals surface area contributed by atoms with Crippen LogP contribution in [0.2, 0.25) is 0 Å². The van der Waals surface area contributed by atoms with E-state index >= 15 is 0 Å². The molecule has 11 nitrogen and oxygen atoms in total. The van der Waals surface area contributed by atoms with Crippen LogP contribution in [0.25, 0.3) is 10.8 Å². The Kier molecular flexibility index (Phi) is 11.3. The number of primary amides is 1. The number of para-hydroxylation sites is 1. The van der Waals surface area contributed by atoms with Crippen LogP contribution < -0.4 is 31.6 Å². The number of benzene rings is 4. The molecule has 0 fully saturated rings. The molecular formula is C35H41N5O6S. The lowest BCUT2D eigenvalue weighted by atomic mass is 9.99. The molecule has 3 amide bonds. The van der Waals surface area contributed by atoms with E-state index in [-0.39, 0.29) is 23.8 Å². The van der Waals surface area contributed by atoms with Gasteiger partial charge < -0.3 is 26.8 Å². The van der Waals surface area contributed by atoms with Crippen molar-refractivity contribution in [2.75, 3.05) is 6.61 Å². The first-order valence-corrected chi connectivity index (χ1v) is 16.6. The van der Waals surface area contributed by atoms with Gasteiger partial charge in [0.05, 0.1) is 29.0 Å². The van der Waals surface area contributed by atoms with Crippen molar-refractivity contribution in [2.45, 2.75) is 62.2 Å². The van der Waals surface area contributed by atoms with Crippen molar-refractivity contribution in [3.8, 4) is 5.75 Å². The Morgan fingerprint density at radius 3 is 2.17 bits per heavy atom. The number of amides is 3. The fourth-order valence-electron chi connectivity index (χ4n) is 4.93. The van der Waals surface area contributed by atoms with Crippen LogP contribution in [0.1, 0.15) is 43.1 Å². The van der Waals surface area contributed by atoms with Crippen molar-refractivity contribution in [3.05, 3.63) is 108 Å². The van der Waals surface area contributed by atoms with Crippen molar-refractivity contribution in [1.29, 1.82) is 0 Å². The Morgan fingerprint density at radius 1 is 0.851 bits per heavy atom. The topological polar surface area (TPSA) is 183 Å². The second-order valence-corrected chi connectivity index (χ2v) is 14.0. The third kappa shape index (κ3) is 10.1. The number of hydrogen-bond acceptors (Lipinski definition) is 7. The molecule has 4 aromatic carbocycles. The van der Waals surface area contributed by atoms with Gasteiger partial charge in [0, 0.05) is 5.54 Å². The summed E-state index contributed by atoms with van der Waals surface area (Å²) in [5, 5.41) is 7.27. The first kappa shape index (κ1) is 35.1. The number of rotatable bonds is 14. The van der Waals surface area contributed by atoms with E-state index < -0.39 is 51.9 Å². The molecule has 0 saturated carbocycles. The summed E-state index contributed by atoms with van der Waals surface area (Å²) in [6.07, 6.45) is -0.317. The predicted octanol–water partition coefficient (Wildman–Crippen LogP) is 3.02. The van der Waals surface area contributed by atoms with Gasteiger partial charge in [-0.15, -0.1) is 0 Å². The highest BCUT2D eigenvalue weighted by atomic mass is 32.2. The smallest absolute Gasteiger partial charge is 0.255 e. The number of sulfonamides is 1. The minimum atomic E-state index is -4.24. The highest BCUT2D eigenvalue weighted by Gasteiger charge is 2.31. The number of carbonyl (C=O) groups is 3. The SMILES string of the molecule is CC(C)(C)NC(=O)c1ccccc1OC[C@@H](N)[C@H](Cc1ccccc1)NC(=O)[C@H](CC(N)=O)NS(=O)(=O)c1ccc2ccccc2c1. The number of nitrogens with two attached hydrogens (primary N) is 2. The van der Waals surface area contributed by atoms with Crippen molar-refractivity contribution < 1.29 is 27.5 Å². The summed E-state index contributed by atoms with van der Waals surface area (Å²) in [5.74, 6) is -1.66. The van der Waals surface area contributed by atoms with Crippen LogP contribution in [0.15, 0.2) is 102 Å². The Hall–Kier alpha value is -4.78. The maximum atomic E-state index is 13.7. The van der Waals surface area contributed by atoms with Crippen LogP contribution in [0.3, 0.4) is 0 Å². The summed E-state index contributed by atoms with van der Waals surface area (Å²) in [6.45, 7) is 5.51. The van der Waals surface area contributed by atoms with Crippen LogP contribution >= 0.6 is 0 Å². The third-order valence-electron chi connectivity index (χ3n) is 7.24. The lowest BCUT2D eigenvalue weighted by Crippen LogP contribution is -2.57. The van der Waals surface area contributed by atoms with Crippen molar-refractivity contribution in [3.63, 3.8) is 0 Å². The summed E-state index contributed by atoms with van der Waals surface area (Å²) in [5.41, 5.74) is 12.7. The molecule has 0 heterocycles. The third-order valence-corrected chi connectivity index (χ3v) is 8.71. The molecular weight excluding hydrogens is 618 g/mol. The van der Waals surface area contributed by atoms with Gasteiger partial charge in [-0.1, -0.05) is 72.8 Å². The maximum absolute atomic E-state index is 13.7. The summed E-state index contributed by atoms with van der Waals surface area (Å²) in [6, 6.07) is 24.7. The van der Waals surface area contributed by atoms with E-state index in [1.54, 1.807) is 42.5 Å². The van der Waals surface area contributed by atoms with Gasteiger partial charge in [-0.3, -0.25) is 14.4 Å². The van der Waals surface area contributed by atoms with Gasteiger partial charge in [0.15, 0.2) is 0 Å². The molecule has 4 rings (SSSR count). The zero-order chi connectivity index (χ0) is 34.2. The molecule has 0 aliphatic heterocycles. The minimum absolute atomic E-state index is 0.0708. The number of carbonyl (C=O) groups excluding carboxylic acids is 3. The zero-order valence-corrected chi connectivity index (χ0v) is 27.4. The van der Waals surface area contributed by atoms with Crippen molar-refractivity contribution >= 4 is 38.5 Å². The van der Waals surface area contributed by atoms with E-state index in [0.29, 0.717) is 16.7 Å². The first-order valence-electron chi connectivity index (χ1n) is 15.2. The number of fused-ring (bicyclic) bond motifs is 1. The molecule has 0 spiro atoms. The van der Waals surface area contributed by atoms with Crippen LogP contribution in [0, 0.1) is 0 Å². The molecule has 0 aliphatic rings. The molecule has 4 aromatic rings. The minimum Gasteiger partial charge on any atom is -0.491 e. The van der Waals surface area contributed by atoms with Gasteiger partial charge in [0.1, 0.15) is 18.4 Å². The molecule has 0 bridgehead atoms. The summed E-state index contributed by atoms with van der Waals surface area (Å²) < 4.78 is 35.2. The summed E-state index contributed by atoms with van der Waals surface area (Å²) in [4.78, 5) is 38.5. The zero-order valence-electron chi connectivity index (χ0n) is 26.6. The second-order valence-electron chi connectivity index (χ2n) is 12.3. The molecule has 3 atom stereocenters. The molecule has 12 heteroatoms. The highest BCUT2D eigenvalue weighted by molar-refractivity contribution is 7.89. The summed E-state index contributed by atoms with van der Waals surface area (Å²) >= 11 is 0. The standard InChI is InChI=1S/C35H41N5O6S/c1-35(2,3)39-33(42)27-15-9-10-16-31(27)46-22-28(36)29(19-23-11-5-4-6-12-23)38-34(43)30(21-32(37)41)40-47(44,45)26-18-17-24-13-7-8-14-25(24)20-26/h4-18,20,28-30,40H,19,21-22,36H2,1-3H3,(H2,37,41)(H,38,43)(H,39,42)/t28-,29+,30+/m1/s1. The molecule has 0 unspecified atom stereocenters. The summed E-state index contributed by atoms with van der Waals surface area (Å²) in [7, 11) is -4.24. The lowest BCUT2D eigenvalue weighted by Gasteiger charge is -2.28. The largest absolute Gasteiger partial charge is 0.491 e. The van der Waals surface area contributed by atoms with E-state index in [2.05, 4.69) is 15.4 Å². The Balaban J connectivity index is 1.55. The lowest BCUT2D eigenvalue weighted by molar-refractivity contribution is -0.127. The van der Waals surface area contributed by atoms with Gasteiger partial charge in [-0.2, -0.15) is 4.72 Å². The van der Waals surface area contributed by atoms with Gasteiger partial charge >= 0.3 is 0 Å². The van der Waals surface area contributed by atoms with E-state index in [0.717, 1.165) is 10.9 Å². The average molecular weight is 660 g/mol. The first-order chi connectivity index (χ1) is 22.2. The van der Waals surface area contributed by atoms with Crippen molar-refractivity contribution in [2.24, 2.45) is 11.5 Å². The normalized spacial score (nSPS) is 13.7. The Bertz CT molecular complexity index is 1830. The number of hydrogen-bond donors (Lipinski definition) is 5. The maximum Gasteiger partial charge on any atom is 0.255 e. The van der Waals surface area contributed by atoms with Crippen molar-refractivity contribution in [1.82, 2.24) is 15.4 Å². The fraction of sp³-hybridized carbons (Fsp3) is 0.286. The Labute approximate surface area is 275 Å². The Morgan fingerprint density at radius 2 is 1.49 bits per heavy atom. The molecule has 0 saturated heterocycles. The van der Waals surface area contributed by atoms with E-state index in [4.69, 9.17) is 16.2 Å². The van der Waals surface area contributed by atoms with Crippen LogP contribution in [0.5, 0.6) is 5.75 Å². The molecule has 7 N–H and O–H groups in total.